The van der Waals surface area contributed by atoms with E-state index in [4.69, 9.17) is 10.5 Å². The van der Waals surface area contributed by atoms with E-state index in [1.54, 1.807) is 6.26 Å². The molecule has 104 valence electrons. The number of aliphatic imine (C=N–C) groups is 1. The van der Waals surface area contributed by atoms with Crippen molar-refractivity contribution in [1.29, 1.82) is 0 Å². The standard InChI is InChI=1S/C13H23N3O.HI/c1-11-5-4-7-16(10-11)13(14)15-9-12-6-2-3-8-17-12;/h3,8,11-12H,2,4-7,9-10H2,1H3,(H2,14,15);1H. The van der Waals surface area contributed by atoms with Crippen LogP contribution in [0.3, 0.4) is 0 Å². The number of hydrogen-bond donors (Lipinski definition) is 1. The van der Waals surface area contributed by atoms with Crippen LogP contribution in [-0.4, -0.2) is 36.6 Å². The van der Waals surface area contributed by atoms with Gasteiger partial charge < -0.3 is 15.4 Å². The lowest BCUT2D eigenvalue weighted by molar-refractivity contribution is 0.131. The average molecular weight is 365 g/mol. The highest BCUT2D eigenvalue weighted by Gasteiger charge is 2.18. The van der Waals surface area contributed by atoms with Crippen molar-refractivity contribution < 1.29 is 4.74 Å². The summed E-state index contributed by atoms with van der Waals surface area (Å²) in [5, 5.41) is 0. The van der Waals surface area contributed by atoms with Crippen LogP contribution in [0.5, 0.6) is 0 Å². The molecule has 2 aliphatic heterocycles. The predicted octanol–water partition coefficient (Wildman–Crippen LogP) is 2.34. The largest absolute Gasteiger partial charge is 0.496 e. The summed E-state index contributed by atoms with van der Waals surface area (Å²) < 4.78 is 5.48. The third kappa shape index (κ3) is 4.66. The van der Waals surface area contributed by atoms with Gasteiger partial charge in [-0.25, -0.2) is 4.99 Å². The maximum Gasteiger partial charge on any atom is 0.191 e. The van der Waals surface area contributed by atoms with Gasteiger partial charge in [0, 0.05) is 13.1 Å². The van der Waals surface area contributed by atoms with Crippen molar-refractivity contribution in [3.05, 3.63) is 12.3 Å². The van der Waals surface area contributed by atoms with E-state index in [9.17, 15) is 0 Å². The number of nitrogens with two attached hydrogens (primary N) is 1. The van der Waals surface area contributed by atoms with Gasteiger partial charge >= 0.3 is 0 Å². The monoisotopic (exact) mass is 365 g/mol. The zero-order chi connectivity index (χ0) is 12.1. The molecule has 1 fully saturated rings. The van der Waals surface area contributed by atoms with Crippen LogP contribution in [-0.2, 0) is 4.74 Å². The summed E-state index contributed by atoms with van der Waals surface area (Å²) in [5.41, 5.74) is 6.03. The molecule has 0 aromatic rings. The highest BCUT2D eigenvalue weighted by Crippen LogP contribution is 2.15. The van der Waals surface area contributed by atoms with Crippen molar-refractivity contribution in [2.75, 3.05) is 19.6 Å². The van der Waals surface area contributed by atoms with Crippen LogP contribution in [0.15, 0.2) is 17.3 Å². The van der Waals surface area contributed by atoms with Crippen molar-refractivity contribution in [3.8, 4) is 0 Å². The zero-order valence-corrected chi connectivity index (χ0v) is 13.4. The number of rotatable bonds is 2. The van der Waals surface area contributed by atoms with Crippen LogP contribution in [0.4, 0.5) is 0 Å². The highest BCUT2D eigenvalue weighted by molar-refractivity contribution is 14.0. The molecule has 4 nitrogen and oxygen atoms in total. The second-order valence-electron chi connectivity index (χ2n) is 5.10. The minimum absolute atomic E-state index is 0. The first-order chi connectivity index (χ1) is 8.25. The molecule has 18 heavy (non-hydrogen) atoms. The number of ether oxygens (including phenoxy) is 1. The third-order valence-electron chi connectivity index (χ3n) is 3.46. The molecule has 2 N–H and O–H groups in total. The Balaban J connectivity index is 0.00000162. The first kappa shape index (κ1) is 15.6. The molecule has 2 atom stereocenters. The molecule has 0 saturated carbocycles. The molecule has 5 heteroatoms. The Kier molecular flexibility index (Phi) is 6.81. The highest BCUT2D eigenvalue weighted by atomic mass is 127. The van der Waals surface area contributed by atoms with Gasteiger partial charge in [-0.2, -0.15) is 0 Å². The Hall–Kier alpha value is -0.460. The fourth-order valence-electron chi connectivity index (χ4n) is 2.41. The molecular weight excluding hydrogens is 341 g/mol. The molecule has 0 aliphatic carbocycles. The number of halogens is 1. The fraction of sp³-hybridized carbons (Fsp3) is 0.769. The van der Waals surface area contributed by atoms with Crippen LogP contribution >= 0.6 is 24.0 Å². The maximum absolute atomic E-state index is 6.03. The summed E-state index contributed by atoms with van der Waals surface area (Å²) in [6.07, 6.45) is 8.70. The van der Waals surface area contributed by atoms with Crippen LogP contribution in [0.2, 0.25) is 0 Å². The van der Waals surface area contributed by atoms with Crippen molar-refractivity contribution in [1.82, 2.24) is 4.90 Å². The third-order valence-corrected chi connectivity index (χ3v) is 3.46. The first-order valence-corrected chi connectivity index (χ1v) is 6.61. The van der Waals surface area contributed by atoms with Gasteiger partial charge in [-0.15, -0.1) is 24.0 Å². The van der Waals surface area contributed by atoms with E-state index in [1.807, 2.05) is 0 Å². The van der Waals surface area contributed by atoms with Crippen molar-refractivity contribution in [2.24, 2.45) is 16.6 Å². The number of guanidine groups is 1. The molecule has 2 heterocycles. The number of piperidine rings is 1. The average Bonchev–Trinajstić information content (AvgIpc) is 2.37. The van der Waals surface area contributed by atoms with Gasteiger partial charge in [-0.3, -0.25) is 0 Å². The molecule has 2 aliphatic rings. The molecule has 0 aromatic carbocycles. The predicted molar refractivity (Wildman–Crippen MR) is 85.1 cm³/mol. The van der Waals surface area contributed by atoms with Gasteiger partial charge in [0.1, 0.15) is 6.10 Å². The van der Waals surface area contributed by atoms with E-state index in [1.165, 1.54) is 12.8 Å². The molecule has 0 amide bonds. The summed E-state index contributed by atoms with van der Waals surface area (Å²) in [5.74, 6) is 1.42. The summed E-state index contributed by atoms with van der Waals surface area (Å²) in [4.78, 5) is 6.67. The summed E-state index contributed by atoms with van der Waals surface area (Å²) in [6, 6.07) is 0. The second-order valence-corrected chi connectivity index (χ2v) is 5.10. The lowest BCUT2D eigenvalue weighted by Gasteiger charge is -2.31. The molecular formula is C13H24IN3O. The van der Waals surface area contributed by atoms with Gasteiger partial charge in [0.05, 0.1) is 12.8 Å². The number of likely N-dealkylation sites (tertiary alicyclic amines) is 1. The van der Waals surface area contributed by atoms with Crippen LogP contribution in [0.25, 0.3) is 0 Å². The summed E-state index contributed by atoms with van der Waals surface area (Å²) in [7, 11) is 0. The van der Waals surface area contributed by atoms with E-state index in [-0.39, 0.29) is 30.1 Å². The number of hydrogen-bond acceptors (Lipinski definition) is 2. The smallest absolute Gasteiger partial charge is 0.191 e. The minimum atomic E-state index is 0. The Labute approximate surface area is 127 Å². The quantitative estimate of drug-likeness (QED) is 0.464. The van der Waals surface area contributed by atoms with Crippen molar-refractivity contribution >= 4 is 29.9 Å². The Bertz CT molecular complexity index is 307. The van der Waals surface area contributed by atoms with E-state index in [0.29, 0.717) is 12.5 Å². The summed E-state index contributed by atoms with van der Waals surface area (Å²) >= 11 is 0. The Morgan fingerprint density at radius 1 is 1.50 bits per heavy atom. The fourth-order valence-corrected chi connectivity index (χ4v) is 2.41. The Morgan fingerprint density at radius 3 is 3.00 bits per heavy atom. The normalized spacial score (nSPS) is 28.5. The van der Waals surface area contributed by atoms with Crippen LogP contribution < -0.4 is 5.73 Å². The van der Waals surface area contributed by atoms with E-state index < -0.39 is 0 Å². The van der Waals surface area contributed by atoms with Crippen LogP contribution in [0, 0.1) is 5.92 Å². The molecule has 1 saturated heterocycles. The lowest BCUT2D eigenvalue weighted by Crippen LogP contribution is -2.43. The summed E-state index contributed by atoms with van der Waals surface area (Å²) in [6.45, 7) is 5.04. The SMILES string of the molecule is CC1CCCN(C(N)=NCC2CCC=CO2)C1.I. The number of nitrogens with zero attached hydrogens (tertiary/aromatic N) is 2. The van der Waals surface area contributed by atoms with Gasteiger partial charge in [0.2, 0.25) is 0 Å². The lowest BCUT2D eigenvalue weighted by atomic mass is 10.0. The molecule has 0 aromatic heterocycles. The molecule has 2 rings (SSSR count). The molecule has 0 radical (unpaired) electrons. The van der Waals surface area contributed by atoms with E-state index >= 15 is 0 Å². The van der Waals surface area contributed by atoms with Crippen molar-refractivity contribution in [3.63, 3.8) is 0 Å². The zero-order valence-electron chi connectivity index (χ0n) is 11.0. The minimum Gasteiger partial charge on any atom is -0.496 e. The molecule has 0 spiro atoms. The van der Waals surface area contributed by atoms with E-state index in [0.717, 1.165) is 31.8 Å². The van der Waals surface area contributed by atoms with Crippen LogP contribution in [0.1, 0.15) is 32.6 Å². The van der Waals surface area contributed by atoms with E-state index in [2.05, 4.69) is 22.9 Å². The van der Waals surface area contributed by atoms with Crippen molar-refractivity contribution in [2.45, 2.75) is 38.7 Å². The molecule has 2 unspecified atom stereocenters. The first-order valence-electron chi connectivity index (χ1n) is 6.61. The number of allylic oxidation sites excluding steroid dienone is 1. The topological polar surface area (TPSA) is 50.8 Å². The van der Waals surface area contributed by atoms with Gasteiger partial charge in [-0.1, -0.05) is 6.92 Å². The van der Waals surface area contributed by atoms with Gasteiger partial charge in [-0.05, 0) is 37.7 Å². The van der Waals surface area contributed by atoms with Gasteiger partial charge in [0.25, 0.3) is 0 Å². The molecule has 0 bridgehead atoms. The Morgan fingerprint density at radius 2 is 2.33 bits per heavy atom. The second kappa shape index (κ2) is 7.86. The van der Waals surface area contributed by atoms with Gasteiger partial charge in [0.15, 0.2) is 5.96 Å². The maximum atomic E-state index is 6.03.